The fourth-order valence-electron chi connectivity index (χ4n) is 2.89. The fraction of sp³-hybridized carbons (Fsp3) is 0.333. The van der Waals surface area contributed by atoms with Gasteiger partial charge in [0, 0.05) is 12.1 Å². The molecule has 28 heavy (non-hydrogen) atoms. The molecule has 0 atom stereocenters. The zero-order valence-electron chi connectivity index (χ0n) is 15.2. The SMILES string of the molecule is COc1cc([N+](=O)[O-])c(OC)cc1CCNCc1cccc2c1OC(F)(F)O2. The summed E-state index contributed by atoms with van der Waals surface area (Å²) in [7, 11) is 2.78. The molecule has 10 heteroatoms. The molecule has 3 rings (SSSR count). The summed E-state index contributed by atoms with van der Waals surface area (Å²) < 4.78 is 45.7. The molecule has 1 aliphatic heterocycles. The Hall–Kier alpha value is -3.14. The van der Waals surface area contributed by atoms with Crippen LogP contribution in [0, 0.1) is 10.1 Å². The maximum absolute atomic E-state index is 13.2. The Morgan fingerprint density at radius 3 is 2.57 bits per heavy atom. The maximum atomic E-state index is 13.2. The Balaban J connectivity index is 1.65. The van der Waals surface area contributed by atoms with Crippen LogP contribution in [0.4, 0.5) is 14.5 Å². The molecule has 0 saturated carbocycles. The van der Waals surface area contributed by atoms with Gasteiger partial charge in [-0.05, 0) is 30.7 Å². The third kappa shape index (κ3) is 4.06. The van der Waals surface area contributed by atoms with Gasteiger partial charge in [0.2, 0.25) is 0 Å². The van der Waals surface area contributed by atoms with Crippen LogP contribution in [0.1, 0.15) is 11.1 Å². The van der Waals surface area contributed by atoms with E-state index < -0.39 is 11.2 Å². The van der Waals surface area contributed by atoms with Crippen molar-refractivity contribution in [2.24, 2.45) is 0 Å². The van der Waals surface area contributed by atoms with Crippen LogP contribution in [0.25, 0.3) is 0 Å². The van der Waals surface area contributed by atoms with Crippen LogP contribution in [-0.4, -0.2) is 32.0 Å². The Morgan fingerprint density at radius 2 is 1.89 bits per heavy atom. The number of alkyl halides is 2. The van der Waals surface area contributed by atoms with Crippen LogP contribution < -0.4 is 24.3 Å². The minimum Gasteiger partial charge on any atom is -0.496 e. The molecule has 0 radical (unpaired) electrons. The highest BCUT2D eigenvalue weighted by Gasteiger charge is 2.44. The number of fused-ring (bicyclic) bond motifs is 1. The fourth-order valence-corrected chi connectivity index (χ4v) is 2.89. The van der Waals surface area contributed by atoms with Gasteiger partial charge < -0.3 is 24.3 Å². The van der Waals surface area contributed by atoms with E-state index >= 15 is 0 Å². The molecule has 0 spiro atoms. The number of halogens is 2. The molecule has 1 N–H and O–H groups in total. The number of hydrogen-bond donors (Lipinski definition) is 1. The van der Waals surface area contributed by atoms with Gasteiger partial charge in [0.1, 0.15) is 5.75 Å². The third-order valence-corrected chi connectivity index (χ3v) is 4.18. The first-order chi connectivity index (χ1) is 13.3. The number of nitrogens with one attached hydrogen (secondary N) is 1. The van der Waals surface area contributed by atoms with Crippen LogP contribution in [0.2, 0.25) is 0 Å². The second kappa shape index (κ2) is 7.85. The zero-order chi connectivity index (χ0) is 20.3. The van der Waals surface area contributed by atoms with Gasteiger partial charge in [-0.1, -0.05) is 12.1 Å². The lowest BCUT2D eigenvalue weighted by molar-refractivity contribution is -0.385. The second-order valence-electron chi connectivity index (χ2n) is 5.93. The molecule has 0 unspecified atom stereocenters. The molecule has 0 aliphatic carbocycles. The molecule has 0 amide bonds. The molecule has 0 fully saturated rings. The molecule has 8 nitrogen and oxygen atoms in total. The van der Waals surface area contributed by atoms with Crippen molar-refractivity contribution in [3.05, 3.63) is 51.6 Å². The summed E-state index contributed by atoms with van der Waals surface area (Å²) in [5.74, 6) is 0.501. The quantitative estimate of drug-likeness (QED) is 0.416. The van der Waals surface area contributed by atoms with Gasteiger partial charge in [-0.25, -0.2) is 0 Å². The van der Waals surface area contributed by atoms with Crippen molar-refractivity contribution < 1.29 is 32.7 Å². The largest absolute Gasteiger partial charge is 0.586 e. The summed E-state index contributed by atoms with van der Waals surface area (Å²) in [6, 6.07) is 7.53. The van der Waals surface area contributed by atoms with Crippen molar-refractivity contribution in [2.75, 3.05) is 20.8 Å². The lowest BCUT2D eigenvalue weighted by Gasteiger charge is -2.12. The second-order valence-corrected chi connectivity index (χ2v) is 5.93. The van der Waals surface area contributed by atoms with E-state index in [0.29, 0.717) is 29.8 Å². The number of methoxy groups -OCH3 is 2. The molecule has 2 aromatic rings. The molecule has 2 aromatic carbocycles. The molecule has 1 aliphatic rings. The molecule has 0 saturated heterocycles. The first-order valence-corrected chi connectivity index (χ1v) is 8.32. The van der Waals surface area contributed by atoms with Crippen molar-refractivity contribution >= 4 is 5.69 Å². The summed E-state index contributed by atoms with van der Waals surface area (Å²) in [6.07, 6.45) is -3.19. The summed E-state index contributed by atoms with van der Waals surface area (Å²) in [5.41, 5.74) is 1.05. The third-order valence-electron chi connectivity index (χ3n) is 4.18. The van der Waals surface area contributed by atoms with Gasteiger partial charge in [-0.2, -0.15) is 0 Å². The zero-order valence-corrected chi connectivity index (χ0v) is 15.2. The monoisotopic (exact) mass is 396 g/mol. The number of ether oxygens (including phenoxy) is 4. The van der Waals surface area contributed by atoms with Gasteiger partial charge in [-0.3, -0.25) is 10.1 Å². The Labute approximate surface area is 159 Å². The predicted molar refractivity (Wildman–Crippen MR) is 94.3 cm³/mol. The van der Waals surface area contributed by atoms with Crippen molar-refractivity contribution in [2.45, 2.75) is 19.3 Å². The minimum absolute atomic E-state index is 0.00826. The number of nitro benzene ring substituents is 1. The van der Waals surface area contributed by atoms with E-state index in [1.807, 2.05) is 0 Å². The molecular weight excluding hydrogens is 378 g/mol. The number of hydrogen-bond acceptors (Lipinski definition) is 7. The summed E-state index contributed by atoms with van der Waals surface area (Å²) >= 11 is 0. The first-order valence-electron chi connectivity index (χ1n) is 8.32. The van der Waals surface area contributed by atoms with E-state index in [1.54, 1.807) is 18.2 Å². The van der Waals surface area contributed by atoms with Gasteiger partial charge in [0.15, 0.2) is 17.2 Å². The van der Waals surface area contributed by atoms with Crippen LogP contribution in [0.15, 0.2) is 30.3 Å². The van der Waals surface area contributed by atoms with Crippen molar-refractivity contribution in [3.8, 4) is 23.0 Å². The average Bonchev–Trinajstić information content (AvgIpc) is 2.98. The smallest absolute Gasteiger partial charge is 0.496 e. The van der Waals surface area contributed by atoms with Gasteiger partial charge in [0.05, 0.1) is 25.2 Å². The first kappa shape index (κ1) is 19.6. The molecule has 1 heterocycles. The van der Waals surface area contributed by atoms with E-state index in [1.165, 1.54) is 26.4 Å². The number of nitro groups is 1. The normalized spacial score (nSPS) is 14.0. The molecule has 0 aromatic heterocycles. The van der Waals surface area contributed by atoms with Crippen LogP contribution >= 0.6 is 0 Å². The number of nitrogens with zero attached hydrogens (tertiary/aromatic N) is 1. The van der Waals surface area contributed by atoms with Crippen LogP contribution in [-0.2, 0) is 13.0 Å². The average molecular weight is 396 g/mol. The van der Waals surface area contributed by atoms with Gasteiger partial charge in [0.25, 0.3) is 0 Å². The number of para-hydroxylation sites is 1. The standard InChI is InChI=1S/C18H18F2N2O6/c1-25-15-9-13(22(23)24)16(26-2)8-11(15)6-7-21-10-12-4-3-5-14-17(12)28-18(19,20)27-14/h3-5,8-9,21H,6-7,10H2,1-2H3. The highest BCUT2D eigenvalue weighted by Crippen LogP contribution is 2.43. The minimum atomic E-state index is -3.67. The van der Waals surface area contributed by atoms with Gasteiger partial charge in [-0.15, -0.1) is 8.78 Å². The summed E-state index contributed by atoms with van der Waals surface area (Å²) in [4.78, 5) is 10.6. The highest BCUT2D eigenvalue weighted by atomic mass is 19.3. The maximum Gasteiger partial charge on any atom is 0.586 e. The molecular formula is C18H18F2N2O6. The van der Waals surface area contributed by atoms with Crippen molar-refractivity contribution in [1.82, 2.24) is 5.32 Å². The Morgan fingerprint density at radius 1 is 1.14 bits per heavy atom. The summed E-state index contributed by atoms with van der Waals surface area (Å²) in [6.45, 7) is 0.729. The Kier molecular flexibility index (Phi) is 5.50. The highest BCUT2D eigenvalue weighted by molar-refractivity contribution is 5.55. The van der Waals surface area contributed by atoms with E-state index in [2.05, 4.69) is 14.8 Å². The van der Waals surface area contributed by atoms with Crippen molar-refractivity contribution in [3.63, 3.8) is 0 Å². The topological polar surface area (TPSA) is 92.1 Å². The van der Waals surface area contributed by atoms with Crippen LogP contribution in [0.5, 0.6) is 23.0 Å². The number of benzene rings is 2. The molecule has 0 bridgehead atoms. The lowest BCUT2D eigenvalue weighted by atomic mass is 10.1. The van der Waals surface area contributed by atoms with E-state index in [9.17, 15) is 18.9 Å². The number of rotatable bonds is 8. The van der Waals surface area contributed by atoms with Crippen molar-refractivity contribution in [1.29, 1.82) is 0 Å². The van der Waals surface area contributed by atoms with Crippen LogP contribution in [0.3, 0.4) is 0 Å². The van der Waals surface area contributed by atoms with E-state index in [-0.39, 0.29) is 29.5 Å². The lowest BCUT2D eigenvalue weighted by Crippen LogP contribution is -2.26. The molecule has 150 valence electrons. The Bertz CT molecular complexity index is 891. The predicted octanol–water partition coefficient (Wildman–Crippen LogP) is 3.27. The summed E-state index contributed by atoms with van der Waals surface area (Å²) in [5, 5.41) is 14.2. The van der Waals surface area contributed by atoms with E-state index in [4.69, 9.17) is 9.47 Å². The van der Waals surface area contributed by atoms with E-state index in [0.717, 1.165) is 0 Å². The van der Waals surface area contributed by atoms with Gasteiger partial charge >= 0.3 is 12.0 Å².